The van der Waals surface area contributed by atoms with E-state index in [1.54, 1.807) is 11.3 Å². The zero-order chi connectivity index (χ0) is 14.8. The molecule has 0 aliphatic heterocycles. The summed E-state index contributed by atoms with van der Waals surface area (Å²) >= 11 is 5.19. The summed E-state index contributed by atoms with van der Waals surface area (Å²) in [6, 6.07) is 10.5. The number of thiophene rings is 1. The van der Waals surface area contributed by atoms with Crippen molar-refractivity contribution in [2.45, 2.75) is 25.9 Å². The number of nitrogens with one attached hydrogen (secondary N) is 1. The molecule has 3 N–H and O–H groups in total. The lowest BCUT2D eigenvalue weighted by Gasteiger charge is -2.12. The van der Waals surface area contributed by atoms with Gasteiger partial charge in [0.25, 0.3) is 0 Å². The van der Waals surface area contributed by atoms with Gasteiger partial charge in [-0.3, -0.25) is 16.0 Å². The number of rotatable bonds is 5. The van der Waals surface area contributed by atoms with E-state index in [2.05, 4.69) is 64.0 Å². The van der Waals surface area contributed by atoms with Crippen molar-refractivity contribution in [1.82, 2.24) is 15.2 Å². The highest BCUT2D eigenvalue weighted by molar-refractivity contribution is 9.10. The third-order valence-electron chi connectivity index (χ3n) is 3.56. The van der Waals surface area contributed by atoms with E-state index in [1.165, 1.54) is 15.8 Å². The molecule has 1 unspecified atom stereocenters. The molecule has 2 heterocycles. The average Bonchev–Trinajstić information content (AvgIpc) is 3.09. The zero-order valence-corrected chi connectivity index (χ0v) is 14.1. The van der Waals surface area contributed by atoms with Crippen LogP contribution in [0.2, 0.25) is 0 Å². The standard InChI is InChI=1S/C15H17BrN4S/c1-2-20-14-6-4-3-5-11(14)12(19-20)8-13(18-17)15-7-10(16)9-21-15/h3-7,9,13,18H,2,8,17H2,1H3. The maximum absolute atomic E-state index is 5.75. The topological polar surface area (TPSA) is 55.9 Å². The monoisotopic (exact) mass is 364 g/mol. The number of benzene rings is 1. The summed E-state index contributed by atoms with van der Waals surface area (Å²) in [5, 5.41) is 8.02. The van der Waals surface area contributed by atoms with Crippen LogP contribution in [0.3, 0.4) is 0 Å². The van der Waals surface area contributed by atoms with E-state index in [0.717, 1.165) is 23.1 Å². The number of hydrazine groups is 1. The summed E-state index contributed by atoms with van der Waals surface area (Å²) < 4.78 is 3.13. The number of nitrogens with two attached hydrogens (primary N) is 1. The number of aromatic nitrogens is 2. The molecule has 0 aliphatic rings. The van der Waals surface area contributed by atoms with Gasteiger partial charge in [0.15, 0.2) is 0 Å². The Morgan fingerprint density at radius 1 is 1.43 bits per heavy atom. The molecule has 0 aliphatic carbocycles. The van der Waals surface area contributed by atoms with Crippen LogP contribution in [0.15, 0.2) is 40.2 Å². The Hall–Kier alpha value is -1.21. The van der Waals surface area contributed by atoms with Gasteiger partial charge < -0.3 is 0 Å². The fourth-order valence-electron chi connectivity index (χ4n) is 2.53. The Morgan fingerprint density at radius 2 is 2.24 bits per heavy atom. The second-order valence-corrected chi connectivity index (χ2v) is 6.73. The van der Waals surface area contributed by atoms with E-state index in [0.29, 0.717) is 0 Å². The Kier molecular flexibility index (Phi) is 4.40. The van der Waals surface area contributed by atoms with Crippen molar-refractivity contribution in [3.05, 3.63) is 50.8 Å². The first-order valence-corrected chi connectivity index (χ1v) is 8.54. The van der Waals surface area contributed by atoms with Crippen molar-refractivity contribution < 1.29 is 0 Å². The fraction of sp³-hybridized carbons (Fsp3) is 0.267. The lowest BCUT2D eigenvalue weighted by atomic mass is 10.1. The smallest absolute Gasteiger partial charge is 0.0723 e. The van der Waals surface area contributed by atoms with Crippen LogP contribution in [0.25, 0.3) is 10.9 Å². The number of halogens is 1. The molecule has 4 nitrogen and oxygen atoms in total. The Labute approximate surface area is 136 Å². The van der Waals surface area contributed by atoms with E-state index in [-0.39, 0.29) is 6.04 Å². The summed E-state index contributed by atoms with van der Waals surface area (Å²) in [6.07, 6.45) is 0.775. The fourth-order valence-corrected chi connectivity index (χ4v) is 4.04. The number of aryl methyl sites for hydroxylation is 1. The number of nitrogens with zero attached hydrogens (tertiary/aromatic N) is 2. The van der Waals surface area contributed by atoms with Gasteiger partial charge >= 0.3 is 0 Å². The maximum Gasteiger partial charge on any atom is 0.0723 e. The molecule has 3 rings (SSSR count). The molecule has 1 atom stereocenters. The summed E-state index contributed by atoms with van der Waals surface area (Å²) in [5.41, 5.74) is 5.17. The van der Waals surface area contributed by atoms with E-state index < -0.39 is 0 Å². The van der Waals surface area contributed by atoms with E-state index in [4.69, 9.17) is 10.9 Å². The first-order chi connectivity index (χ1) is 10.2. The van der Waals surface area contributed by atoms with E-state index in [1.807, 2.05) is 4.68 Å². The maximum atomic E-state index is 5.75. The predicted molar refractivity (Wildman–Crippen MR) is 91.2 cm³/mol. The highest BCUT2D eigenvalue weighted by Gasteiger charge is 2.17. The van der Waals surface area contributed by atoms with Crippen LogP contribution in [-0.2, 0) is 13.0 Å². The van der Waals surface area contributed by atoms with Gasteiger partial charge in [0.05, 0.1) is 17.3 Å². The van der Waals surface area contributed by atoms with Gasteiger partial charge in [-0.25, -0.2) is 0 Å². The van der Waals surface area contributed by atoms with Crippen molar-refractivity contribution in [1.29, 1.82) is 0 Å². The minimum Gasteiger partial charge on any atom is -0.271 e. The quantitative estimate of drug-likeness (QED) is 0.536. The Morgan fingerprint density at radius 3 is 2.90 bits per heavy atom. The molecule has 21 heavy (non-hydrogen) atoms. The van der Waals surface area contributed by atoms with Crippen molar-refractivity contribution in [2.75, 3.05) is 0 Å². The van der Waals surface area contributed by atoms with Gasteiger partial charge in [-0.05, 0) is 35.0 Å². The Bertz CT molecular complexity index is 749. The van der Waals surface area contributed by atoms with Crippen molar-refractivity contribution in [3.8, 4) is 0 Å². The van der Waals surface area contributed by atoms with Gasteiger partial charge in [0.1, 0.15) is 0 Å². The van der Waals surface area contributed by atoms with Crippen LogP contribution in [0.1, 0.15) is 23.5 Å². The van der Waals surface area contributed by atoms with E-state index >= 15 is 0 Å². The number of hydrogen-bond donors (Lipinski definition) is 2. The molecule has 0 fully saturated rings. The van der Waals surface area contributed by atoms with Gasteiger partial charge in [0.2, 0.25) is 0 Å². The molecule has 2 aromatic heterocycles. The molecule has 1 aromatic carbocycles. The lowest BCUT2D eigenvalue weighted by Crippen LogP contribution is -2.29. The van der Waals surface area contributed by atoms with Gasteiger partial charge in [-0.1, -0.05) is 18.2 Å². The second-order valence-electron chi connectivity index (χ2n) is 4.87. The predicted octanol–water partition coefficient (Wildman–Crippen LogP) is 3.63. The summed E-state index contributed by atoms with van der Waals surface area (Å²) in [5.74, 6) is 5.75. The number of para-hydroxylation sites is 1. The van der Waals surface area contributed by atoms with Crippen molar-refractivity contribution in [2.24, 2.45) is 5.84 Å². The largest absolute Gasteiger partial charge is 0.271 e. The molecule has 0 spiro atoms. The molecule has 0 bridgehead atoms. The van der Waals surface area contributed by atoms with Crippen LogP contribution in [0, 0.1) is 0 Å². The molecular weight excluding hydrogens is 348 g/mol. The SMILES string of the molecule is CCn1nc(CC(NN)c2cc(Br)cs2)c2ccccc21. The summed E-state index contributed by atoms with van der Waals surface area (Å²) in [4.78, 5) is 1.21. The Balaban J connectivity index is 1.97. The second kappa shape index (κ2) is 6.27. The minimum atomic E-state index is 0.0740. The van der Waals surface area contributed by atoms with Crippen molar-refractivity contribution in [3.63, 3.8) is 0 Å². The van der Waals surface area contributed by atoms with Crippen LogP contribution in [0.5, 0.6) is 0 Å². The third-order valence-corrected chi connectivity index (χ3v) is 5.37. The highest BCUT2D eigenvalue weighted by Crippen LogP contribution is 2.29. The molecular formula is C15H17BrN4S. The average molecular weight is 365 g/mol. The normalized spacial score (nSPS) is 12.9. The zero-order valence-electron chi connectivity index (χ0n) is 11.7. The first-order valence-electron chi connectivity index (χ1n) is 6.87. The van der Waals surface area contributed by atoms with E-state index in [9.17, 15) is 0 Å². The first kappa shape index (κ1) is 14.7. The highest BCUT2D eigenvalue weighted by atomic mass is 79.9. The molecule has 0 amide bonds. The van der Waals surface area contributed by atoms with Crippen LogP contribution < -0.4 is 11.3 Å². The summed E-state index contributed by atoms with van der Waals surface area (Å²) in [7, 11) is 0. The molecule has 6 heteroatoms. The number of hydrogen-bond acceptors (Lipinski definition) is 4. The van der Waals surface area contributed by atoms with Crippen LogP contribution in [-0.4, -0.2) is 9.78 Å². The third kappa shape index (κ3) is 2.89. The van der Waals surface area contributed by atoms with Crippen LogP contribution >= 0.6 is 27.3 Å². The lowest BCUT2D eigenvalue weighted by molar-refractivity contribution is 0.547. The molecule has 3 aromatic rings. The molecule has 0 saturated heterocycles. The van der Waals surface area contributed by atoms with Crippen LogP contribution in [0.4, 0.5) is 0 Å². The van der Waals surface area contributed by atoms with Gasteiger partial charge in [0, 0.05) is 33.1 Å². The number of fused-ring (bicyclic) bond motifs is 1. The minimum absolute atomic E-state index is 0.0740. The van der Waals surface area contributed by atoms with Gasteiger partial charge in [-0.2, -0.15) is 5.10 Å². The molecule has 0 saturated carbocycles. The molecule has 0 radical (unpaired) electrons. The van der Waals surface area contributed by atoms with Gasteiger partial charge in [-0.15, -0.1) is 11.3 Å². The molecule has 110 valence electrons. The summed E-state index contributed by atoms with van der Waals surface area (Å²) in [6.45, 7) is 2.98. The van der Waals surface area contributed by atoms with Crippen molar-refractivity contribution >= 4 is 38.2 Å².